The Hall–Kier alpha value is -3.06. The Morgan fingerprint density at radius 1 is 0.750 bits per heavy atom. The van der Waals surface area contributed by atoms with E-state index in [0.29, 0.717) is 38.8 Å². The fourth-order valence-corrected chi connectivity index (χ4v) is 3.48. The maximum absolute atomic E-state index is 13.1. The summed E-state index contributed by atoms with van der Waals surface area (Å²) < 4.78 is 0. The lowest BCUT2D eigenvalue weighted by Crippen LogP contribution is -2.57. The number of hydrogen-bond acceptors (Lipinski definition) is 8. The van der Waals surface area contributed by atoms with Gasteiger partial charge in [-0.3, -0.25) is 14.4 Å². The number of aliphatic hydroxyl groups is 1. The lowest BCUT2D eigenvalue weighted by Gasteiger charge is -2.25. The van der Waals surface area contributed by atoms with E-state index in [1.165, 1.54) is 0 Å². The maximum Gasteiger partial charge on any atom is 0.326 e. The molecule has 0 aromatic heterocycles. The van der Waals surface area contributed by atoms with Gasteiger partial charge in [-0.2, -0.15) is 0 Å². The molecule has 4 unspecified atom stereocenters. The molecule has 12 nitrogen and oxygen atoms in total. The minimum Gasteiger partial charge on any atom is -0.480 e. The number of carbonyl (C=O) groups is 4. The summed E-state index contributed by atoms with van der Waals surface area (Å²) in [6.07, 6.45) is 2.82. The van der Waals surface area contributed by atoms with Gasteiger partial charge in [0.15, 0.2) is 0 Å². The number of carboxylic acid groups (broad SMARTS) is 1. The number of nitrogens with two attached hydrogens (primary N) is 3. The van der Waals surface area contributed by atoms with Crippen LogP contribution >= 0.6 is 0 Å². The van der Waals surface area contributed by atoms with Crippen LogP contribution in [0.15, 0.2) is 30.3 Å². The third-order valence-electron chi connectivity index (χ3n) is 5.59. The lowest BCUT2D eigenvalue weighted by atomic mass is 10.0. The fourth-order valence-electron chi connectivity index (χ4n) is 3.48. The summed E-state index contributed by atoms with van der Waals surface area (Å²) in [5.41, 5.74) is 17.4. The van der Waals surface area contributed by atoms with E-state index in [2.05, 4.69) is 16.0 Å². The fraction of sp³-hybridized carbons (Fsp3) is 0.583. The first kappa shape index (κ1) is 31.0. The van der Waals surface area contributed by atoms with Gasteiger partial charge in [-0.25, -0.2) is 4.79 Å². The van der Waals surface area contributed by atoms with E-state index >= 15 is 0 Å². The van der Waals surface area contributed by atoms with Crippen molar-refractivity contribution < 1.29 is 29.4 Å². The molecule has 0 radical (unpaired) electrons. The summed E-state index contributed by atoms with van der Waals surface area (Å²) >= 11 is 0. The molecule has 36 heavy (non-hydrogen) atoms. The van der Waals surface area contributed by atoms with E-state index in [1.807, 2.05) is 0 Å². The van der Waals surface area contributed by atoms with Crippen molar-refractivity contribution in [3.8, 4) is 0 Å². The first-order chi connectivity index (χ1) is 17.2. The molecule has 0 fully saturated rings. The number of aliphatic hydroxyl groups excluding tert-OH is 1. The molecule has 1 rings (SSSR count). The molecule has 0 heterocycles. The predicted molar refractivity (Wildman–Crippen MR) is 134 cm³/mol. The van der Waals surface area contributed by atoms with Crippen molar-refractivity contribution in [3.05, 3.63) is 35.9 Å². The van der Waals surface area contributed by atoms with Crippen LogP contribution in [-0.4, -0.2) is 77.8 Å². The molecule has 11 N–H and O–H groups in total. The highest BCUT2D eigenvalue weighted by atomic mass is 16.4. The van der Waals surface area contributed by atoms with E-state index in [-0.39, 0.29) is 19.3 Å². The van der Waals surface area contributed by atoms with Gasteiger partial charge >= 0.3 is 5.97 Å². The smallest absolute Gasteiger partial charge is 0.326 e. The summed E-state index contributed by atoms with van der Waals surface area (Å²) in [6, 6.07) is 4.42. The van der Waals surface area contributed by atoms with Gasteiger partial charge in [0.05, 0.1) is 6.61 Å². The van der Waals surface area contributed by atoms with Crippen molar-refractivity contribution in [1.29, 1.82) is 0 Å². The number of aliphatic carboxylic acids is 1. The van der Waals surface area contributed by atoms with Gasteiger partial charge < -0.3 is 43.4 Å². The Morgan fingerprint density at radius 3 is 1.67 bits per heavy atom. The van der Waals surface area contributed by atoms with E-state index in [1.54, 1.807) is 30.3 Å². The summed E-state index contributed by atoms with van der Waals surface area (Å²) in [6.45, 7) is 0.205. The van der Waals surface area contributed by atoms with E-state index in [4.69, 9.17) is 22.3 Å². The molecule has 3 amide bonds. The summed E-state index contributed by atoms with van der Waals surface area (Å²) in [4.78, 5) is 50.1. The largest absolute Gasteiger partial charge is 0.480 e. The number of unbranched alkanes of at least 4 members (excludes halogenated alkanes) is 2. The van der Waals surface area contributed by atoms with Crippen molar-refractivity contribution in [2.45, 2.75) is 69.1 Å². The highest BCUT2D eigenvalue weighted by Crippen LogP contribution is 2.08. The predicted octanol–water partition coefficient (Wildman–Crippen LogP) is -1.65. The number of carbonyl (C=O) groups excluding carboxylic acids is 3. The molecule has 1 aromatic carbocycles. The molecule has 0 aliphatic heterocycles. The number of rotatable bonds is 18. The first-order valence-corrected chi connectivity index (χ1v) is 12.2. The van der Waals surface area contributed by atoms with Gasteiger partial charge in [0, 0.05) is 6.42 Å². The number of amides is 3. The molecule has 12 heteroatoms. The zero-order chi connectivity index (χ0) is 26.9. The van der Waals surface area contributed by atoms with Crippen molar-refractivity contribution in [1.82, 2.24) is 16.0 Å². The second-order valence-corrected chi connectivity index (χ2v) is 8.57. The quantitative estimate of drug-likeness (QED) is 0.106. The van der Waals surface area contributed by atoms with Gasteiger partial charge in [-0.05, 0) is 57.2 Å². The molecule has 0 saturated carbocycles. The normalized spacial score (nSPS) is 14.2. The molecule has 1 aromatic rings. The van der Waals surface area contributed by atoms with Gasteiger partial charge in [0.2, 0.25) is 17.7 Å². The molecular formula is C24H40N6O6. The molecule has 0 spiro atoms. The molecule has 4 atom stereocenters. The maximum atomic E-state index is 13.1. The standard InChI is InChI=1S/C24H40N6O6/c25-12-6-4-10-18(28-21(32)17(27)15-31)22(33)29-19(11-5-7-13-26)23(34)30-20(24(35)36)14-16-8-2-1-3-9-16/h1-3,8-9,17-20,31H,4-7,10-15,25-27H2,(H,28,32)(H,29,33)(H,30,34)(H,35,36). The average Bonchev–Trinajstić information content (AvgIpc) is 2.87. The summed E-state index contributed by atoms with van der Waals surface area (Å²) in [5.74, 6) is -3.18. The van der Waals surface area contributed by atoms with Gasteiger partial charge in [-0.1, -0.05) is 30.3 Å². The lowest BCUT2D eigenvalue weighted by molar-refractivity contribution is -0.142. The topological polar surface area (TPSA) is 223 Å². The second-order valence-electron chi connectivity index (χ2n) is 8.57. The number of nitrogens with one attached hydrogen (secondary N) is 3. The van der Waals surface area contributed by atoms with Crippen LogP contribution in [0.25, 0.3) is 0 Å². The van der Waals surface area contributed by atoms with Crippen LogP contribution in [-0.2, 0) is 25.6 Å². The van der Waals surface area contributed by atoms with E-state index < -0.39 is 54.5 Å². The Labute approximate surface area is 211 Å². The van der Waals surface area contributed by atoms with Crippen LogP contribution in [0.1, 0.15) is 44.1 Å². The minimum atomic E-state index is -1.20. The Bertz CT molecular complexity index is 825. The van der Waals surface area contributed by atoms with Crippen LogP contribution in [0.2, 0.25) is 0 Å². The van der Waals surface area contributed by atoms with E-state index in [0.717, 1.165) is 5.56 Å². The van der Waals surface area contributed by atoms with Crippen LogP contribution in [0.3, 0.4) is 0 Å². The molecule has 0 aliphatic carbocycles. The van der Waals surface area contributed by atoms with Crippen molar-refractivity contribution >= 4 is 23.7 Å². The SMILES string of the molecule is NCCCCC(NC(=O)C(N)CO)C(=O)NC(CCCCN)C(=O)NC(Cc1ccccc1)C(=O)O. The molecule has 202 valence electrons. The molecular weight excluding hydrogens is 468 g/mol. The second kappa shape index (κ2) is 17.4. The highest BCUT2D eigenvalue weighted by Gasteiger charge is 2.30. The number of hydrogen-bond donors (Lipinski definition) is 8. The summed E-state index contributed by atoms with van der Waals surface area (Å²) in [7, 11) is 0. The van der Waals surface area contributed by atoms with Crippen LogP contribution < -0.4 is 33.2 Å². The molecule has 0 bridgehead atoms. The monoisotopic (exact) mass is 508 g/mol. The van der Waals surface area contributed by atoms with Crippen LogP contribution in [0, 0.1) is 0 Å². The number of carboxylic acids is 1. The van der Waals surface area contributed by atoms with Crippen molar-refractivity contribution in [2.75, 3.05) is 19.7 Å². The molecule has 0 saturated heterocycles. The Balaban J connectivity index is 2.98. The van der Waals surface area contributed by atoms with Gasteiger partial charge in [0.1, 0.15) is 24.2 Å². The molecule has 0 aliphatic rings. The van der Waals surface area contributed by atoms with Crippen molar-refractivity contribution in [3.63, 3.8) is 0 Å². The Kier molecular flexibility index (Phi) is 15.0. The zero-order valence-electron chi connectivity index (χ0n) is 20.5. The van der Waals surface area contributed by atoms with Gasteiger partial charge in [0.25, 0.3) is 0 Å². The number of benzene rings is 1. The van der Waals surface area contributed by atoms with Crippen molar-refractivity contribution in [2.24, 2.45) is 17.2 Å². The third kappa shape index (κ3) is 11.6. The first-order valence-electron chi connectivity index (χ1n) is 12.2. The average molecular weight is 509 g/mol. The van der Waals surface area contributed by atoms with Crippen LogP contribution in [0.5, 0.6) is 0 Å². The summed E-state index contributed by atoms with van der Waals surface area (Å²) in [5, 5.41) is 26.4. The minimum absolute atomic E-state index is 0.0716. The van der Waals surface area contributed by atoms with E-state index in [9.17, 15) is 24.3 Å². The Morgan fingerprint density at radius 2 is 1.22 bits per heavy atom. The zero-order valence-corrected chi connectivity index (χ0v) is 20.5. The van der Waals surface area contributed by atoms with Crippen LogP contribution in [0.4, 0.5) is 0 Å². The highest BCUT2D eigenvalue weighted by molar-refractivity contribution is 5.94. The third-order valence-corrected chi connectivity index (χ3v) is 5.59. The van der Waals surface area contributed by atoms with Gasteiger partial charge in [-0.15, -0.1) is 0 Å².